The Balaban J connectivity index is 1.39. The Morgan fingerprint density at radius 3 is 2.00 bits per heavy atom. The molecule has 2 aromatic rings. The average molecular weight is 628 g/mol. The van der Waals surface area contributed by atoms with Gasteiger partial charge in [0.25, 0.3) is 0 Å². The van der Waals surface area contributed by atoms with Gasteiger partial charge in [0.2, 0.25) is 21.8 Å². The summed E-state index contributed by atoms with van der Waals surface area (Å²) in [7, 11) is -3.79. The van der Waals surface area contributed by atoms with Gasteiger partial charge in [-0.1, -0.05) is 56.6 Å². The molecule has 0 saturated heterocycles. The zero-order chi connectivity index (χ0) is 30.9. The van der Waals surface area contributed by atoms with E-state index in [0.717, 1.165) is 29.6 Å². The van der Waals surface area contributed by atoms with Gasteiger partial charge < -0.3 is 10.2 Å². The molecule has 0 spiro atoms. The molecular formula is C34H46ClN3O4S. The molecule has 4 aliphatic rings. The molecule has 2 aromatic carbocycles. The minimum absolute atomic E-state index is 0.159. The van der Waals surface area contributed by atoms with Crippen molar-refractivity contribution in [3.05, 3.63) is 64.7 Å². The van der Waals surface area contributed by atoms with Crippen LogP contribution in [0, 0.1) is 23.7 Å². The van der Waals surface area contributed by atoms with Gasteiger partial charge in [0.1, 0.15) is 12.6 Å². The lowest BCUT2D eigenvalue weighted by atomic mass is 9.48. The average Bonchev–Trinajstić information content (AvgIpc) is 2.94. The fourth-order valence-electron chi connectivity index (χ4n) is 8.19. The predicted molar refractivity (Wildman–Crippen MR) is 172 cm³/mol. The van der Waals surface area contributed by atoms with Gasteiger partial charge in [-0.25, -0.2) is 8.42 Å². The number of amides is 2. The second-order valence-electron chi connectivity index (χ2n) is 13.7. The Morgan fingerprint density at radius 2 is 1.51 bits per heavy atom. The van der Waals surface area contributed by atoms with Crippen molar-refractivity contribution < 1.29 is 18.0 Å². The summed E-state index contributed by atoms with van der Waals surface area (Å²) in [6, 6.07) is 14.3. The highest BCUT2D eigenvalue weighted by Gasteiger charge is 2.51. The van der Waals surface area contributed by atoms with E-state index in [2.05, 4.69) is 17.4 Å². The van der Waals surface area contributed by atoms with Crippen molar-refractivity contribution in [3.63, 3.8) is 0 Å². The van der Waals surface area contributed by atoms with E-state index in [1.807, 2.05) is 45.0 Å². The predicted octanol–water partition coefficient (Wildman–Crippen LogP) is 6.15. The number of carbonyl (C=O) groups is 2. The Morgan fingerprint density at radius 1 is 0.953 bits per heavy atom. The molecule has 6 rings (SSSR count). The first-order chi connectivity index (χ1) is 20.4. The van der Waals surface area contributed by atoms with Crippen LogP contribution in [0.15, 0.2) is 48.5 Å². The smallest absolute Gasteiger partial charge is 0.244 e. The first-order valence-corrected chi connectivity index (χ1v) is 18.0. The molecule has 0 aromatic heterocycles. The zero-order valence-corrected chi connectivity index (χ0v) is 27.5. The van der Waals surface area contributed by atoms with Crippen molar-refractivity contribution in [2.45, 2.75) is 83.7 Å². The number of carbonyl (C=O) groups excluding carboxylic acids is 2. The molecule has 4 fully saturated rings. The number of rotatable bonds is 12. The summed E-state index contributed by atoms with van der Waals surface area (Å²) in [5.41, 5.74) is 2.77. The lowest BCUT2D eigenvalue weighted by Gasteiger charge is -2.57. The number of halogens is 1. The second kappa shape index (κ2) is 12.8. The Labute approximate surface area is 262 Å². The van der Waals surface area contributed by atoms with Gasteiger partial charge >= 0.3 is 0 Å². The molecule has 7 nitrogen and oxygen atoms in total. The first-order valence-electron chi connectivity index (χ1n) is 15.8. The number of nitrogens with zero attached hydrogens (tertiary/aromatic N) is 2. The summed E-state index contributed by atoms with van der Waals surface area (Å²) in [4.78, 5) is 28.8. The Bertz CT molecular complexity index is 1370. The summed E-state index contributed by atoms with van der Waals surface area (Å²) in [6.45, 7) is 6.14. The Hall–Kier alpha value is -2.58. The van der Waals surface area contributed by atoms with E-state index in [9.17, 15) is 18.0 Å². The van der Waals surface area contributed by atoms with E-state index in [1.54, 1.807) is 12.1 Å². The Kier molecular flexibility index (Phi) is 9.48. The first kappa shape index (κ1) is 31.8. The van der Waals surface area contributed by atoms with E-state index in [-0.39, 0.29) is 23.8 Å². The second-order valence-corrected chi connectivity index (χ2v) is 16.1. The topological polar surface area (TPSA) is 86.8 Å². The molecule has 4 saturated carbocycles. The fraction of sp³-hybridized carbons (Fsp3) is 0.588. The summed E-state index contributed by atoms with van der Waals surface area (Å²) < 4.78 is 27.4. The van der Waals surface area contributed by atoms with Crippen LogP contribution in [0.4, 0.5) is 5.69 Å². The highest BCUT2D eigenvalue weighted by atomic mass is 35.5. The van der Waals surface area contributed by atoms with Crippen molar-refractivity contribution >= 4 is 39.1 Å². The number of hydrogen-bond acceptors (Lipinski definition) is 4. The molecule has 4 bridgehead atoms. The monoisotopic (exact) mass is 627 g/mol. The fourth-order valence-corrected chi connectivity index (χ4v) is 9.16. The van der Waals surface area contributed by atoms with Crippen LogP contribution in [0.25, 0.3) is 0 Å². The quantitative estimate of drug-likeness (QED) is 0.306. The lowest BCUT2D eigenvalue weighted by Crippen LogP contribution is -2.52. The molecule has 1 N–H and O–H groups in total. The van der Waals surface area contributed by atoms with Crippen LogP contribution in [0.5, 0.6) is 0 Å². The van der Waals surface area contributed by atoms with Gasteiger partial charge in [-0.15, -0.1) is 0 Å². The van der Waals surface area contributed by atoms with Crippen LogP contribution in [-0.4, -0.2) is 50.5 Å². The standard InChI is InChI=1S/C34H46ClN3O4S/c1-5-31(33(40)36-20-23(2)3)37(21-24-6-10-29(35)11-7-24)32(39)22-38(43(4,41)42)30-12-8-28(9-13-30)34-17-25-14-26(18-34)16-27(15-25)19-34/h6-13,23,25-27,31H,5,14-22H2,1-4H3,(H,36,40)/t25?,26?,27?,31-,34?/m1/s1. The van der Waals surface area contributed by atoms with Crippen molar-refractivity contribution in [1.82, 2.24) is 10.2 Å². The molecule has 234 valence electrons. The molecule has 43 heavy (non-hydrogen) atoms. The summed E-state index contributed by atoms with van der Waals surface area (Å²) >= 11 is 6.09. The molecule has 4 aliphatic carbocycles. The highest BCUT2D eigenvalue weighted by molar-refractivity contribution is 7.92. The van der Waals surface area contributed by atoms with Gasteiger partial charge in [-0.2, -0.15) is 0 Å². The number of benzene rings is 2. The minimum atomic E-state index is -3.79. The van der Waals surface area contributed by atoms with Crippen LogP contribution < -0.4 is 9.62 Å². The van der Waals surface area contributed by atoms with E-state index < -0.39 is 28.5 Å². The minimum Gasteiger partial charge on any atom is -0.354 e. The maximum absolute atomic E-state index is 14.0. The summed E-state index contributed by atoms with van der Waals surface area (Å²) in [5.74, 6) is 2.01. The largest absolute Gasteiger partial charge is 0.354 e. The molecule has 2 amide bonds. The number of anilines is 1. The number of nitrogens with one attached hydrogen (secondary N) is 1. The maximum atomic E-state index is 14.0. The number of sulfonamides is 1. The molecule has 0 heterocycles. The van der Waals surface area contributed by atoms with Gasteiger partial charge in [0.15, 0.2) is 0 Å². The van der Waals surface area contributed by atoms with Crippen molar-refractivity contribution in [2.24, 2.45) is 23.7 Å². The molecular weight excluding hydrogens is 582 g/mol. The van der Waals surface area contributed by atoms with Crippen molar-refractivity contribution in [2.75, 3.05) is 23.7 Å². The lowest BCUT2D eigenvalue weighted by molar-refractivity contribution is -0.140. The molecule has 9 heteroatoms. The number of hydrogen-bond donors (Lipinski definition) is 1. The van der Waals surface area contributed by atoms with Crippen LogP contribution in [-0.2, 0) is 31.6 Å². The normalized spacial score (nSPS) is 25.0. The molecule has 0 radical (unpaired) electrons. The summed E-state index contributed by atoms with van der Waals surface area (Å²) in [5, 5.41) is 3.53. The van der Waals surface area contributed by atoms with E-state index in [0.29, 0.717) is 23.7 Å². The van der Waals surface area contributed by atoms with Crippen LogP contribution >= 0.6 is 11.6 Å². The van der Waals surface area contributed by atoms with Gasteiger partial charge in [-0.3, -0.25) is 13.9 Å². The third-order valence-electron chi connectivity index (χ3n) is 9.82. The summed E-state index contributed by atoms with van der Waals surface area (Å²) in [6.07, 6.45) is 9.29. The SMILES string of the molecule is CC[C@H](C(=O)NCC(C)C)N(Cc1ccc(Cl)cc1)C(=O)CN(c1ccc(C23CC4CC(CC(C4)C2)C3)cc1)S(C)(=O)=O. The van der Waals surface area contributed by atoms with Crippen molar-refractivity contribution in [1.29, 1.82) is 0 Å². The highest BCUT2D eigenvalue weighted by Crippen LogP contribution is 2.60. The van der Waals surface area contributed by atoms with Gasteiger partial charge in [0, 0.05) is 18.1 Å². The zero-order valence-electron chi connectivity index (χ0n) is 25.9. The third-order valence-corrected chi connectivity index (χ3v) is 11.2. The van der Waals surface area contributed by atoms with E-state index in [1.165, 1.54) is 53.3 Å². The van der Waals surface area contributed by atoms with Crippen LogP contribution in [0.2, 0.25) is 5.02 Å². The molecule has 0 unspecified atom stereocenters. The van der Waals surface area contributed by atoms with Gasteiger partial charge in [-0.05, 0) is 109 Å². The third kappa shape index (κ3) is 7.22. The van der Waals surface area contributed by atoms with Crippen molar-refractivity contribution in [3.8, 4) is 0 Å². The van der Waals surface area contributed by atoms with Gasteiger partial charge in [0.05, 0.1) is 11.9 Å². The maximum Gasteiger partial charge on any atom is 0.244 e. The molecule has 1 atom stereocenters. The van der Waals surface area contributed by atoms with Crippen LogP contribution in [0.3, 0.4) is 0 Å². The van der Waals surface area contributed by atoms with E-state index >= 15 is 0 Å². The van der Waals surface area contributed by atoms with E-state index in [4.69, 9.17) is 11.6 Å². The van der Waals surface area contributed by atoms with Crippen LogP contribution in [0.1, 0.15) is 76.8 Å². The molecule has 0 aliphatic heterocycles.